The highest BCUT2D eigenvalue weighted by molar-refractivity contribution is 9.10. The molecular weight excluding hydrogens is 326 g/mol. The minimum atomic E-state index is 0.150. The Morgan fingerprint density at radius 1 is 1.58 bits per heavy atom. The van der Waals surface area contributed by atoms with E-state index < -0.39 is 0 Å². The smallest absolute Gasteiger partial charge is 0.233 e. The maximum Gasteiger partial charge on any atom is 0.233 e. The Kier molecular flexibility index (Phi) is 5.30. The summed E-state index contributed by atoms with van der Waals surface area (Å²) in [6, 6.07) is 6.14. The number of carbonyl (C=O) groups excluding carboxylic acids is 1. The second kappa shape index (κ2) is 6.77. The van der Waals surface area contributed by atoms with E-state index in [1.165, 1.54) is 5.56 Å². The zero-order valence-electron chi connectivity index (χ0n) is 11.2. The highest BCUT2D eigenvalue weighted by atomic mass is 79.9. The van der Waals surface area contributed by atoms with Crippen molar-refractivity contribution >= 4 is 33.6 Å². The van der Waals surface area contributed by atoms with Crippen LogP contribution in [-0.4, -0.2) is 42.4 Å². The molecule has 0 aliphatic carbocycles. The Bertz CT molecular complexity index is 467. The number of aryl methyl sites for hydroxylation is 1. The van der Waals surface area contributed by atoms with Crippen molar-refractivity contribution < 1.29 is 9.53 Å². The first-order chi connectivity index (χ1) is 9.06. The van der Waals surface area contributed by atoms with E-state index >= 15 is 0 Å². The van der Waals surface area contributed by atoms with Crippen molar-refractivity contribution in [1.82, 2.24) is 4.90 Å². The number of rotatable bonds is 3. The number of benzene rings is 1. The summed E-state index contributed by atoms with van der Waals surface area (Å²) in [4.78, 5) is 15.2. The summed E-state index contributed by atoms with van der Waals surface area (Å²) in [6.45, 7) is 6.14. The van der Waals surface area contributed by atoms with Crippen LogP contribution in [0.1, 0.15) is 12.5 Å². The second-order valence-electron chi connectivity index (χ2n) is 4.72. The normalized spacial score (nSPS) is 19.5. The maximum absolute atomic E-state index is 12.1. The molecule has 1 atom stereocenters. The molecule has 5 heteroatoms. The van der Waals surface area contributed by atoms with E-state index in [4.69, 9.17) is 4.74 Å². The van der Waals surface area contributed by atoms with Crippen LogP contribution in [0.4, 0.5) is 0 Å². The Morgan fingerprint density at radius 2 is 2.37 bits per heavy atom. The molecule has 1 aliphatic rings. The van der Waals surface area contributed by atoms with Gasteiger partial charge in [0.1, 0.15) is 0 Å². The van der Waals surface area contributed by atoms with E-state index in [2.05, 4.69) is 35.0 Å². The van der Waals surface area contributed by atoms with Crippen molar-refractivity contribution in [1.29, 1.82) is 0 Å². The fraction of sp³-hybridized carbons (Fsp3) is 0.500. The molecule has 0 N–H and O–H groups in total. The lowest BCUT2D eigenvalue weighted by atomic mass is 10.2. The molecule has 0 saturated carbocycles. The second-order valence-corrected chi connectivity index (χ2v) is 6.65. The van der Waals surface area contributed by atoms with Crippen molar-refractivity contribution in [3.8, 4) is 0 Å². The summed E-state index contributed by atoms with van der Waals surface area (Å²) in [7, 11) is 0. The first kappa shape index (κ1) is 14.9. The zero-order chi connectivity index (χ0) is 13.8. The predicted octanol–water partition coefficient (Wildman–Crippen LogP) is 3.10. The molecule has 104 valence electrons. The Hall–Kier alpha value is -0.520. The van der Waals surface area contributed by atoms with Gasteiger partial charge in [-0.15, -0.1) is 11.8 Å². The Balaban J connectivity index is 1.89. The van der Waals surface area contributed by atoms with E-state index in [1.54, 1.807) is 11.8 Å². The van der Waals surface area contributed by atoms with Gasteiger partial charge in [0.25, 0.3) is 0 Å². The van der Waals surface area contributed by atoms with Crippen molar-refractivity contribution in [2.24, 2.45) is 0 Å². The first-order valence-electron chi connectivity index (χ1n) is 6.34. The first-order valence-corrected chi connectivity index (χ1v) is 8.12. The number of ether oxygens (including phenoxy) is 1. The number of morpholine rings is 1. The molecule has 1 fully saturated rings. The number of halogens is 1. The van der Waals surface area contributed by atoms with Crippen LogP contribution in [0.2, 0.25) is 0 Å². The van der Waals surface area contributed by atoms with Gasteiger partial charge in [0.05, 0.1) is 18.5 Å². The average Bonchev–Trinajstić information content (AvgIpc) is 2.37. The third-order valence-corrected chi connectivity index (χ3v) is 4.74. The van der Waals surface area contributed by atoms with Gasteiger partial charge in [-0.2, -0.15) is 0 Å². The monoisotopic (exact) mass is 343 g/mol. The molecule has 1 unspecified atom stereocenters. The summed E-state index contributed by atoms with van der Waals surface area (Å²) >= 11 is 5.05. The fourth-order valence-electron chi connectivity index (χ4n) is 2.05. The van der Waals surface area contributed by atoms with Crippen LogP contribution in [-0.2, 0) is 9.53 Å². The standard InChI is InChI=1S/C14H18BrNO2S/c1-10-7-12(15)3-4-13(10)19-9-14(17)16-5-6-18-11(2)8-16/h3-4,7,11H,5-6,8-9H2,1-2H3. The number of carbonyl (C=O) groups is 1. The van der Waals surface area contributed by atoms with E-state index in [0.29, 0.717) is 25.4 Å². The lowest BCUT2D eigenvalue weighted by Crippen LogP contribution is -2.45. The SMILES string of the molecule is Cc1cc(Br)ccc1SCC(=O)N1CCOC(C)C1. The largest absolute Gasteiger partial charge is 0.375 e. The Morgan fingerprint density at radius 3 is 3.05 bits per heavy atom. The molecule has 1 aromatic carbocycles. The van der Waals surface area contributed by atoms with Gasteiger partial charge in [-0.3, -0.25) is 4.79 Å². The van der Waals surface area contributed by atoms with Gasteiger partial charge in [-0.1, -0.05) is 15.9 Å². The molecule has 1 aliphatic heterocycles. The van der Waals surface area contributed by atoms with Crippen molar-refractivity contribution in [2.45, 2.75) is 24.8 Å². The van der Waals surface area contributed by atoms with Gasteiger partial charge in [-0.25, -0.2) is 0 Å². The van der Waals surface area contributed by atoms with E-state index in [9.17, 15) is 4.79 Å². The fourth-order valence-corrected chi connectivity index (χ4v) is 3.44. The van der Waals surface area contributed by atoms with Gasteiger partial charge in [0.15, 0.2) is 0 Å². The topological polar surface area (TPSA) is 29.5 Å². The number of hydrogen-bond acceptors (Lipinski definition) is 3. The van der Waals surface area contributed by atoms with Crippen LogP contribution >= 0.6 is 27.7 Å². The number of amides is 1. The van der Waals surface area contributed by atoms with Crippen molar-refractivity contribution in [3.63, 3.8) is 0 Å². The molecule has 0 bridgehead atoms. The maximum atomic E-state index is 12.1. The van der Waals surface area contributed by atoms with Crippen LogP contribution in [0.3, 0.4) is 0 Å². The quantitative estimate of drug-likeness (QED) is 0.790. The molecule has 1 saturated heterocycles. The van der Waals surface area contributed by atoms with Gasteiger partial charge < -0.3 is 9.64 Å². The predicted molar refractivity (Wildman–Crippen MR) is 81.6 cm³/mol. The molecule has 1 heterocycles. The molecule has 0 radical (unpaired) electrons. The third-order valence-electron chi connectivity index (χ3n) is 3.08. The highest BCUT2D eigenvalue weighted by Gasteiger charge is 2.21. The molecule has 0 spiro atoms. The summed E-state index contributed by atoms with van der Waals surface area (Å²) in [6.07, 6.45) is 0.150. The van der Waals surface area contributed by atoms with E-state index in [1.807, 2.05) is 17.9 Å². The zero-order valence-corrected chi connectivity index (χ0v) is 13.6. The molecule has 1 amide bonds. The van der Waals surface area contributed by atoms with Gasteiger partial charge in [-0.05, 0) is 37.6 Å². The average molecular weight is 344 g/mol. The minimum absolute atomic E-state index is 0.150. The van der Waals surface area contributed by atoms with Crippen LogP contribution in [0.5, 0.6) is 0 Å². The van der Waals surface area contributed by atoms with E-state index in [-0.39, 0.29) is 12.0 Å². The lowest BCUT2D eigenvalue weighted by Gasteiger charge is -2.31. The van der Waals surface area contributed by atoms with Crippen molar-refractivity contribution in [3.05, 3.63) is 28.2 Å². The van der Waals surface area contributed by atoms with Crippen LogP contribution in [0, 0.1) is 6.92 Å². The summed E-state index contributed by atoms with van der Waals surface area (Å²) in [5.41, 5.74) is 1.20. The highest BCUT2D eigenvalue weighted by Crippen LogP contribution is 2.25. The van der Waals surface area contributed by atoms with Crippen LogP contribution < -0.4 is 0 Å². The van der Waals surface area contributed by atoms with Gasteiger partial charge in [0.2, 0.25) is 5.91 Å². The van der Waals surface area contributed by atoms with Gasteiger partial charge in [0, 0.05) is 22.5 Å². The summed E-state index contributed by atoms with van der Waals surface area (Å²) in [5, 5.41) is 0. The lowest BCUT2D eigenvalue weighted by molar-refractivity contribution is -0.135. The molecule has 1 aromatic rings. The number of nitrogens with zero attached hydrogens (tertiary/aromatic N) is 1. The minimum Gasteiger partial charge on any atom is -0.375 e. The number of hydrogen-bond donors (Lipinski definition) is 0. The number of thioether (sulfide) groups is 1. The van der Waals surface area contributed by atoms with Crippen LogP contribution in [0.25, 0.3) is 0 Å². The van der Waals surface area contributed by atoms with Gasteiger partial charge >= 0.3 is 0 Å². The molecule has 0 aromatic heterocycles. The van der Waals surface area contributed by atoms with Crippen LogP contribution in [0.15, 0.2) is 27.6 Å². The molecule has 2 rings (SSSR count). The van der Waals surface area contributed by atoms with Crippen molar-refractivity contribution in [2.75, 3.05) is 25.4 Å². The Labute approximate surface area is 126 Å². The molecule has 3 nitrogen and oxygen atoms in total. The van der Waals surface area contributed by atoms with E-state index in [0.717, 1.165) is 9.37 Å². The summed E-state index contributed by atoms with van der Waals surface area (Å²) < 4.78 is 6.52. The summed E-state index contributed by atoms with van der Waals surface area (Å²) in [5.74, 6) is 0.692. The molecule has 19 heavy (non-hydrogen) atoms. The third kappa shape index (κ3) is 4.23. The molecular formula is C14H18BrNO2S.